The number of hydrogen-bond acceptors (Lipinski definition) is 10. The molecule has 4 rings (SSSR count). The second kappa shape index (κ2) is 20.2. The molecule has 45 heavy (non-hydrogen) atoms. The van der Waals surface area contributed by atoms with Gasteiger partial charge in [0, 0.05) is 50.6 Å². The van der Waals surface area contributed by atoms with E-state index in [2.05, 4.69) is 36.1 Å². The zero-order chi connectivity index (χ0) is 32.6. The van der Waals surface area contributed by atoms with E-state index in [9.17, 15) is 18.8 Å². The lowest BCUT2D eigenvalue weighted by atomic mass is 9.92. The molecule has 0 unspecified atom stereocenters. The molecule has 2 atom stereocenters. The number of rotatable bonds is 9. The van der Waals surface area contributed by atoms with Crippen LogP contribution in [-0.4, -0.2) is 112 Å². The fourth-order valence-electron chi connectivity index (χ4n) is 4.86. The van der Waals surface area contributed by atoms with Crippen LogP contribution in [0.2, 0.25) is 0 Å². The van der Waals surface area contributed by atoms with Crippen molar-refractivity contribution >= 4 is 35.7 Å². The first-order valence-electron chi connectivity index (χ1n) is 14.0. The molecule has 2 amide bonds. The van der Waals surface area contributed by atoms with E-state index in [-0.39, 0.29) is 54.7 Å². The molecule has 2 aliphatic heterocycles. The number of hydrogen-bond donors (Lipinski definition) is 2. The lowest BCUT2D eigenvalue weighted by Gasteiger charge is -2.40. The van der Waals surface area contributed by atoms with Crippen LogP contribution < -0.4 is 5.32 Å². The summed E-state index contributed by atoms with van der Waals surface area (Å²) in [4.78, 5) is 56.3. The van der Waals surface area contributed by atoms with E-state index < -0.39 is 11.8 Å². The molecule has 0 radical (unpaired) electrons. The zero-order valence-corrected chi connectivity index (χ0v) is 25.9. The van der Waals surface area contributed by atoms with Crippen molar-refractivity contribution in [1.82, 2.24) is 30.1 Å². The average molecular weight is 651 g/mol. The number of benzene rings is 1. The summed E-state index contributed by atoms with van der Waals surface area (Å²) in [5.41, 5.74) is 1.06. The number of morpholine rings is 1. The number of carboxylic acid groups (broad SMARTS) is 1. The van der Waals surface area contributed by atoms with Crippen LogP contribution in [0.25, 0.3) is 5.69 Å². The number of amides is 2. The minimum Gasteiger partial charge on any atom is -0.478 e. The second-order valence-electron chi connectivity index (χ2n) is 10.3. The van der Waals surface area contributed by atoms with Gasteiger partial charge in [0.1, 0.15) is 11.5 Å². The smallest absolute Gasteiger partial charge is 0.373 e. The third-order valence-corrected chi connectivity index (χ3v) is 7.33. The first-order valence-corrected chi connectivity index (χ1v) is 15.4. The standard InChI is InChI=1S/C25H35FN6O3S.C3H4O2.CO2.CH4/c1-17(2)15-31(19-12-18(13-27-14-19)24(33)30-8-10-35-11-9-30)25(34)23-22(16-36-3)32(29-28-23)21-7-5-4-6-20(21)26;1-2-3(4)5;2-1-3;/h4-7,17-19,27H,8-16H2,1-3H3;2H,1H2,(H,4,5);;1H4/t18-,19+;;;/m1.../s1. The molecule has 248 valence electrons. The Bertz CT molecular complexity index is 1300. The highest BCUT2D eigenvalue weighted by Crippen LogP contribution is 2.25. The molecule has 0 saturated carbocycles. The Kier molecular flexibility index (Phi) is 17.5. The molecule has 2 aromatic rings. The number of nitrogens with one attached hydrogen (secondary N) is 1. The van der Waals surface area contributed by atoms with Crippen LogP contribution in [0.1, 0.15) is 43.9 Å². The summed E-state index contributed by atoms with van der Waals surface area (Å²) in [7, 11) is 0. The molecule has 13 nitrogen and oxygen atoms in total. The van der Waals surface area contributed by atoms with Gasteiger partial charge >= 0.3 is 12.1 Å². The predicted octanol–water partition coefficient (Wildman–Crippen LogP) is 2.51. The Morgan fingerprint density at radius 3 is 2.42 bits per heavy atom. The molecule has 0 bridgehead atoms. The maximum atomic E-state index is 14.6. The van der Waals surface area contributed by atoms with Gasteiger partial charge in [0.2, 0.25) is 5.91 Å². The molecule has 2 fully saturated rings. The highest BCUT2D eigenvalue weighted by molar-refractivity contribution is 7.97. The van der Waals surface area contributed by atoms with Crippen LogP contribution >= 0.6 is 11.8 Å². The number of ether oxygens (including phenoxy) is 1. The van der Waals surface area contributed by atoms with Crippen LogP contribution in [0.5, 0.6) is 0 Å². The normalized spacial score (nSPS) is 17.3. The van der Waals surface area contributed by atoms with Crippen molar-refractivity contribution in [3.63, 3.8) is 0 Å². The van der Waals surface area contributed by atoms with Crippen molar-refractivity contribution in [2.24, 2.45) is 11.8 Å². The van der Waals surface area contributed by atoms with Crippen molar-refractivity contribution in [2.75, 3.05) is 52.2 Å². The van der Waals surface area contributed by atoms with Gasteiger partial charge in [0.15, 0.2) is 5.69 Å². The quantitative estimate of drug-likeness (QED) is 0.383. The number of carbonyl (C=O) groups is 3. The van der Waals surface area contributed by atoms with Crippen molar-refractivity contribution < 1.29 is 38.2 Å². The van der Waals surface area contributed by atoms with Crippen LogP contribution in [0.15, 0.2) is 36.9 Å². The van der Waals surface area contributed by atoms with Gasteiger partial charge in [-0.1, -0.05) is 45.2 Å². The number of carboxylic acids is 1. The molecular weight excluding hydrogens is 607 g/mol. The highest BCUT2D eigenvalue weighted by Gasteiger charge is 2.37. The Morgan fingerprint density at radius 1 is 1.24 bits per heavy atom. The maximum absolute atomic E-state index is 14.6. The van der Waals surface area contributed by atoms with E-state index in [1.54, 1.807) is 18.2 Å². The first-order chi connectivity index (χ1) is 21.1. The number of piperidine rings is 1. The molecule has 2 aliphatic rings. The Hall–Kier alpha value is -3.91. The van der Waals surface area contributed by atoms with Crippen LogP contribution in [0, 0.1) is 17.7 Å². The van der Waals surface area contributed by atoms with Gasteiger partial charge in [-0.3, -0.25) is 9.59 Å². The summed E-state index contributed by atoms with van der Waals surface area (Å²) in [6, 6.07) is 6.18. The number of thioether (sulfide) groups is 1. The molecule has 0 spiro atoms. The summed E-state index contributed by atoms with van der Waals surface area (Å²) < 4.78 is 21.4. The summed E-state index contributed by atoms with van der Waals surface area (Å²) in [5.74, 6) is -1.06. The third kappa shape index (κ3) is 11.5. The summed E-state index contributed by atoms with van der Waals surface area (Å²) in [6.07, 6.45) is 3.59. The first kappa shape index (κ1) is 39.1. The Labute approximate surface area is 267 Å². The van der Waals surface area contributed by atoms with E-state index in [0.29, 0.717) is 63.8 Å². The van der Waals surface area contributed by atoms with Crippen LogP contribution in [0.3, 0.4) is 0 Å². The van der Waals surface area contributed by atoms with Gasteiger partial charge in [0.05, 0.1) is 24.8 Å². The monoisotopic (exact) mass is 650 g/mol. The molecule has 1 aromatic heterocycles. The summed E-state index contributed by atoms with van der Waals surface area (Å²) in [5, 5.41) is 19.4. The molecule has 2 saturated heterocycles. The van der Waals surface area contributed by atoms with E-state index in [1.807, 2.05) is 16.1 Å². The van der Waals surface area contributed by atoms with Gasteiger partial charge in [-0.05, 0) is 30.7 Å². The Balaban J connectivity index is 0.00000101. The topological polar surface area (TPSA) is 164 Å². The molecule has 15 heteroatoms. The van der Waals surface area contributed by atoms with Crippen molar-refractivity contribution in [1.29, 1.82) is 0 Å². The lowest BCUT2D eigenvalue weighted by molar-refractivity contribution is -0.191. The lowest BCUT2D eigenvalue weighted by Crippen LogP contribution is -2.56. The van der Waals surface area contributed by atoms with Crippen molar-refractivity contribution in [2.45, 2.75) is 39.5 Å². The van der Waals surface area contributed by atoms with Gasteiger partial charge in [0.25, 0.3) is 5.91 Å². The van der Waals surface area contributed by atoms with E-state index in [0.717, 1.165) is 6.08 Å². The maximum Gasteiger partial charge on any atom is 0.373 e. The largest absolute Gasteiger partial charge is 0.478 e. The number of carbonyl (C=O) groups excluding carboxylic acids is 4. The van der Waals surface area contributed by atoms with Crippen LogP contribution in [0.4, 0.5) is 4.39 Å². The van der Waals surface area contributed by atoms with Gasteiger partial charge in [-0.2, -0.15) is 21.4 Å². The highest BCUT2D eigenvalue weighted by atomic mass is 32.2. The number of aromatic nitrogens is 3. The van der Waals surface area contributed by atoms with E-state index in [4.69, 9.17) is 19.4 Å². The minimum atomic E-state index is -0.981. The Morgan fingerprint density at radius 2 is 1.87 bits per heavy atom. The fraction of sp³-hybridized carbons (Fsp3) is 0.533. The number of aliphatic carboxylic acids is 1. The minimum absolute atomic E-state index is 0. The third-order valence-electron chi connectivity index (χ3n) is 6.76. The average Bonchev–Trinajstić information content (AvgIpc) is 3.44. The summed E-state index contributed by atoms with van der Waals surface area (Å²) in [6.45, 7) is 11.1. The van der Waals surface area contributed by atoms with E-state index in [1.165, 1.54) is 22.5 Å². The predicted molar refractivity (Wildman–Crippen MR) is 166 cm³/mol. The molecular formula is C30H43FN6O7S. The number of nitrogens with zero attached hydrogens (tertiary/aromatic N) is 5. The second-order valence-corrected chi connectivity index (χ2v) is 11.2. The number of para-hydroxylation sites is 1. The zero-order valence-electron chi connectivity index (χ0n) is 25.1. The van der Waals surface area contributed by atoms with Gasteiger partial charge in [-0.15, -0.1) is 5.10 Å². The molecule has 1 aromatic carbocycles. The van der Waals surface area contributed by atoms with Gasteiger partial charge in [-0.25, -0.2) is 13.9 Å². The van der Waals surface area contributed by atoms with Crippen LogP contribution in [-0.2, 0) is 29.7 Å². The SMILES string of the molecule is C.C=CC(=O)O.CSCc1c(C(=O)N(CC(C)C)[C@@H]2CNC[C@H](C(=O)N3CCOCC3)C2)nnn1-c1ccccc1F.O=C=O. The fourth-order valence-corrected chi connectivity index (χ4v) is 5.40. The molecule has 3 heterocycles. The van der Waals surface area contributed by atoms with Gasteiger partial charge < -0.3 is 25.0 Å². The number of halogens is 1. The molecule has 2 N–H and O–H groups in total. The van der Waals surface area contributed by atoms with E-state index >= 15 is 0 Å². The summed E-state index contributed by atoms with van der Waals surface area (Å²) >= 11 is 1.52. The van der Waals surface area contributed by atoms with Crippen molar-refractivity contribution in [3.8, 4) is 5.69 Å². The van der Waals surface area contributed by atoms with Crippen molar-refractivity contribution in [3.05, 3.63) is 54.1 Å². The molecule has 0 aliphatic carbocycles.